The predicted molar refractivity (Wildman–Crippen MR) is 58.7 cm³/mol. The van der Waals surface area contributed by atoms with Gasteiger partial charge < -0.3 is 0 Å². The van der Waals surface area contributed by atoms with Gasteiger partial charge in [0.15, 0.2) is 5.78 Å². The smallest absolute Gasteiger partial charge is 0.263 e. The first-order valence-corrected chi connectivity index (χ1v) is 5.24. The number of Topliss-reactive ketones (excluding diaryl/α,β-unsaturated/α-hetero) is 1. The number of hydrogen-bond acceptors (Lipinski definition) is 1. The van der Waals surface area contributed by atoms with Gasteiger partial charge in [-0.05, 0) is 40.8 Å². The number of carbonyl (C=O) groups excluding carboxylic acids is 1. The highest BCUT2D eigenvalue weighted by atomic mass is 127. The average Bonchev–Trinajstić information content (AvgIpc) is 2.15. The number of halogens is 3. The van der Waals surface area contributed by atoms with Crippen LogP contribution in [0, 0.1) is 3.57 Å². The van der Waals surface area contributed by atoms with E-state index in [1.807, 2.05) is 22.6 Å². The number of benzene rings is 1. The maximum Gasteiger partial charge on any atom is 0.263 e. The number of carbonyl (C=O) groups is 1. The van der Waals surface area contributed by atoms with Crippen molar-refractivity contribution in [1.29, 1.82) is 0 Å². The van der Waals surface area contributed by atoms with Gasteiger partial charge in [-0.3, -0.25) is 4.79 Å². The van der Waals surface area contributed by atoms with Crippen LogP contribution in [0.4, 0.5) is 8.78 Å². The molecular formula is C10H9F2IO. The van der Waals surface area contributed by atoms with Gasteiger partial charge in [-0.2, -0.15) is 0 Å². The molecule has 76 valence electrons. The van der Waals surface area contributed by atoms with E-state index in [-0.39, 0.29) is 11.3 Å². The zero-order valence-electron chi connectivity index (χ0n) is 7.56. The first-order chi connectivity index (χ1) is 6.54. The molecular weight excluding hydrogens is 301 g/mol. The lowest BCUT2D eigenvalue weighted by Gasteiger charge is -2.04. The number of alkyl halides is 2. The molecule has 1 nitrogen and oxygen atoms in total. The Morgan fingerprint density at radius 2 is 2.07 bits per heavy atom. The van der Waals surface area contributed by atoms with Crippen LogP contribution in [0.25, 0.3) is 0 Å². The van der Waals surface area contributed by atoms with Crippen molar-refractivity contribution in [3.8, 4) is 0 Å². The summed E-state index contributed by atoms with van der Waals surface area (Å²) in [7, 11) is 0. The van der Waals surface area contributed by atoms with E-state index >= 15 is 0 Å². The second-order valence-corrected chi connectivity index (χ2v) is 4.10. The zero-order chi connectivity index (χ0) is 10.7. The molecule has 0 spiro atoms. The minimum Gasteiger partial charge on any atom is -0.294 e. The third-order valence-corrected chi connectivity index (χ3v) is 2.44. The third kappa shape index (κ3) is 2.73. The fraction of sp³-hybridized carbons (Fsp3) is 0.300. The van der Waals surface area contributed by atoms with Crippen molar-refractivity contribution in [2.75, 3.05) is 0 Å². The molecule has 0 aliphatic rings. The normalized spacial score (nSPS) is 10.6. The molecule has 1 aromatic rings. The van der Waals surface area contributed by atoms with E-state index in [4.69, 9.17) is 0 Å². The first-order valence-electron chi connectivity index (χ1n) is 4.16. The van der Waals surface area contributed by atoms with Gasteiger partial charge in [0.05, 0.1) is 0 Å². The Hall–Kier alpha value is -0.520. The Morgan fingerprint density at radius 3 is 2.57 bits per heavy atom. The van der Waals surface area contributed by atoms with Crippen LogP contribution in [0.15, 0.2) is 18.2 Å². The maximum absolute atomic E-state index is 12.4. The van der Waals surface area contributed by atoms with Crippen molar-refractivity contribution in [1.82, 2.24) is 0 Å². The third-order valence-electron chi connectivity index (χ3n) is 1.82. The van der Waals surface area contributed by atoms with E-state index in [0.29, 0.717) is 15.6 Å². The van der Waals surface area contributed by atoms with E-state index in [1.165, 1.54) is 12.1 Å². The molecule has 0 unspecified atom stereocenters. The van der Waals surface area contributed by atoms with Crippen molar-refractivity contribution < 1.29 is 13.6 Å². The summed E-state index contributed by atoms with van der Waals surface area (Å²) in [5, 5.41) is 0. The molecule has 0 atom stereocenters. The molecule has 1 aromatic carbocycles. The summed E-state index contributed by atoms with van der Waals surface area (Å²) < 4.78 is 25.4. The summed E-state index contributed by atoms with van der Waals surface area (Å²) in [4.78, 5) is 11.3. The second kappa shape index (κ2) is 4.82. The summed E-state index contributed by atoms with van der Waals surface area (Å²) in [6.45, 7) is 1.71. The molecule has 0 saturated carbocycles. The molecule has 0 amide bonds. The van der Waals surface area contributed by atoms with Crippen LogP contribution in [-0.2, 0) is 0 Å². The SMILES string of the molecule is CCC(=O)c1cc(I)cc(C(F)F)c1. The van der Waals surface area contributed by atoms with Gasteiger partial charge in [-0.15, -0.1) is 0 Å². The lowest BCUT2D eigenvalue weighted by molar-refractivity contribution is 0.0987. The molecule has 1 rings (SSSR count). The molecule has 0 saturated heterocycles. The monoisotopic (exact) mass is 310 g/mol. The fourth-order valence-corrected chi connectivity index (χ4v) is 1.80. The summed E-state index contributed by atoms with van der Waals surface area (Å²) in [5.74, 6) is -0.106. The molecule has 4 heteroatoms. The Bertz CT molecular complexity index is 350. The van der Waals surface area contributed by atoms with Crippen LogP contribution in [0.2, 0.25) is 0 Å². The molecule has 0 N–H and O–H groups in total. The number of ketones is 1. The van der Waals surface area contributed by atoms with Crippen LogP contribution in [0.1, 0.15) is 35.7 Å². The molecule has 0 aromatic heterocycles. The molecule has 14 heavy (non-hydrogen) atoms. The zero-order valence-corrected chi connectivity index (χ0v) is 9.72. The van der Waals surface area contributed by atoms with Gasteiger partial charge in [0.2, 0.25) is 0 Å². The number of hydrogen-bond donors (Lipinski definition) is 0. The molecule has 0 aliphatic heterocycles. The summed E-state index contributed by atoms with van der Waals surface area (Å²) >= 11 is 1.93. The second-order valence-electron chi connectivity index (χ2n) is 2.85. The van der Waals surface area contributed by atoms with E-state index < -0.39 is 6.43 Å². The summed E-state index contributed by atoms with van der Waals surface area (Å²) in [5.41, 5.74) is 0.281. The maximum atomic E-state index is 12.4. The van der Waals surface area contributed by atoms with E-state index in [2.05, 4.69) is 0 Å². The van der Waals surface area contributed by atoms with Gasteiger partial charge >= 0.3 is 0 Å². The largest absolute Gasteiger partial charge is 0.294 e. The van der Waals surface area contributed by atoms with E-state index in [1.54, 1.807) is 13.0 Å². The van der Waals surface area contributed by atoms with Crippen LogP contribution in [0.3, 0.4) is 0 Å². The molecule has 0 radical (unpaired) electrons. The Morgan fingerprint density at radius 1 is 1.43 bits per heavy atom. The van der Waals surface area contributed by atoms with Gasteiger partial charge in [-0.25, -0.2) is 8.78 Å². The van der Waals surface area contributed by atoms with Gasteiger partial charge in [0.25, 0.3) is 6.43 Å². The Labute approximate surface area is 94.6 Å². The van der Waals surface area contributed by atoms with E-state index in [0.717, 1.165) is 0 Å². The minimum absolute atomic E-state index is 0.0892. The Balaban J connectivity index is 3.13. The van der Waals surface area contributed by atoms with Crippen molar-refractivity contribution in [2.24, 2.45) is 0 Å². The van der Waals surface area contributed by atoms with Crippen LogP contribution < -0.4 is 0 Å². The molecule has 0 fully saturated rings. The van der Waals surface area contributed by atoms with Crippen molar-refractivity contribution >= 4 is 28.4 Å². The Kier molecular flexibility index (Phi) is 3.97. The molecule has 0 aliphatic carbocycles. The number of rotatable bonds is 3. The highest BCUT2D eigenvalue weighted by Gasteiger charge is 2.11. The molecule has 0 heterocycles. The van der Waals surface area contributed by atoms with E-state index in [9.17, 15) is 13.6 Å². The topological polar surface area (TPSA) is 17.1 Å². The van der Waals surface area contributed by atoms with Gasteiger partial charge in [0, 0.05) is 21.1 Å². The minimum atomic E-state index is -2.52. The van der Waals surface area contributed by atoms with Crippen LogP contribution in [0.5, 0.6) is 0 Å². The lowest BCUT2D eigenvalue weighted by Crippen LogP contribution is -1.99. The summed E-state index contributed by atoms with van der Waals surface area (Å²) in [6, 6.07) is 4.27. The highest BCUT2D eigenvalue weighted by molar-refractivity contribution is 14.1. The van der Waals surface area contributed by atoms with Gasteiger partial charge in [-0.1, -0.05) is 6.92 Å². The predicted octanol–water partition coefficient (Wildman–Crippen LogP) is 3.82. The van der Waals surface area contributed by atoms with Crippen molar-refractivity contribution in [2.45, 2.75) is 19.8 Å². The van der Waals surface area contributed by atoms with Crippen molar-refractivity contribution in [3.63, 3.8) is 0 Å². The molecule has 0 bridgehead atoms. The van der Waals surface area contributed by atoms with Gasteiger partial charge in [0.1, 0.15) is 0 Å². The fourth-order valence-electron chi connectivity index (χ4n) is 1.10. The van der Waals surface area contributed by atoms with Crippen molar-refractivity contribution in [3.05, 3.63) is 32.9 Å². The highest BCUT2D eigenvalue weighted by Crippen LogP contribution is 2.23. The average molecular weight is 310 g/mol. The first kappa shape index (κ1) is 11.6. The quantitative estimate of drug-likeness (QED) is 0.613. The lowest BCUT2D eigenvalue weighted by atomic mass is 10.1. The summed E-state index contributed by atoms with van der Waals surface area (Å²) in [6.07, 6.45) is -2.18. The van der Waals surface area contributed by atoms with Crippen LogP contribution in [-0.4, -0.2) is 5.78 Å². The van der Waals surface area contributed by atoms with Crippen LogP contribution >= 0.6 is 22.6 Å². The standard InChI is InChI=1S/C10H9F2IO/c1-2-9(14)6-3-7(10(11)12)5-8(13)4-6/h3-5,10H,2H2,1H3.